The van der Waals surface area contributed by atoms with Gasteiger partial charge in [-0.25, -0.2) is 9.37 Å². The van der Waals surface area contributed by atoms with Gasteiger partial charge in [0.1, 0.15) is 11.6 Å². The summed E-state index contributed by atoms with van der Waals surface area (Å²) in [7, 11) is 0. The number of rotatable bonds is 2. The Hall–Kier alpha value is -2.46. The minimum absolute atomic E-state index is 0.253. The van der Waals surface area contributed by atoms with Crippen LogP contribution in [-0.4, -0.2) is 4.98 Å². The molecule has 4 heteroatoms. The number of nitrogen functional groups attached to an aromatic ring is 1. The monoisotopic (exact) mass is 281 g/mol. The van der Waals surface area contributed by atoms with E-state index in [1.807, 2.05) is 31.2 Å². The van der Waals surface area contributed by atoms with Gasteiger partial charge in [0, 0.05) is 17.1 Å². The first-order valence-corrected chi connectivity index (χ1v) is 6.72. The van der Waals surface area contributed by atoms with Crippen molar-refractivity contribution in [3.05, 3.63) is 71.2 Å². The lowest BCUT2D eigenvalue weighted by molar-refractivity contribution is 0.639. The summed E-state index contributed by atoms with van der Waals surface area (Å²) in [4.78, 5) is 4.15. The van der Waals surface area contributed by atoms with Crippen LogP contribution >= 0.6 is 0 Å². The van der Waals surface area contributed by atoms with Crippen LogP contribution in [0, 0.1) is 12.7 Å². The van der Waals surface area contributed by atoms with Crippen molar-refractivity contribution in [2.45, 2.75) is 13.0 Å². The number of aryl methyl sites for hydroxylation is 1. The molecule has 0 fully saturated rings. The van der Waals surface area contributed by atoms with Crippen molar-refractivity contribution in [3.63, 3.8) is 0 Å². The Kier molecular flexibility index (Phi) is 3.31. The largest absolute Gasteiger partial charge is 0.383 e. The van der Waals surface area contributed by atoms with Crippen molar-refractivity contribution in [2.24, 2.45) is 5.73 Å². The van der Waals surface area contributed by atoms with E-state index in [0.29, 0.717) is 11.2 Å². The first kappa shape index (κ1) is 13.5. The lowest BCUT2D eigenvalue weighted by atomic mass is 9.94. The standard InChI is InChI=1S/C17H16FN3/c1-10-8-14(17(20)21-9-10)16(19)13-6-7-15(18)12-5-3-2-4-11(12)13/h2-9,16H,19H2,1H3,(H2,20,21). The van der Waals surface area contributed by atoms with Crippen LogP contribution in [0.15, 0.2) is 48.7 Å². The van der Waals surface area contributed by atoms with Crippen LogP contribution < -0.4 is 11.5 Å². The summed E-state index contributed by atoms with van der Waals surface area (Å²) >= 11 is 0. The minimum atomic E-state index is -0.442. The number of anilines is 1. The van der Waals surface area contributed by atoms with Crippen molar-refractivity contribution in [1.82, 2.24) is 4.98 Å². The third kappa shape index (κ3) is 2.34. The van der Waals surface area contributed by atoms with Gasteiger partial charge in [-0.15, -0.1) is 0 Å². The van der Waals surface area contributed by atoms with Crippen LogP contribution in [0.5, 0.6) is 0 Å². The fourth-order valence-corrected chi connectivity index (χ4v) is 2.58. The van der Waals surface area contributed by atoms with Gasteiger partial charge in [0.2, 0.25) is 0 Å². The number of benzene rings is 2. The molecule has 1 unspecified atom stereocenters. The number of fused-ring (bicyclic) bond motifs is 1. The van der Waals surface area contributed by atoms with Crippen molar-refractivity contribution in [2.75, 3.05) is 5.73 Å². The second-order valence-corrected chi connectivity index (χ2v) is 5.15. The molecule has 1 heterocycles. The highest BCUT2D eigenvalue weighted by Crippen LogP contribution is 2.30. The molecule has 106 valence electrons. The van der Waals surface area contributed by atoms with E-state index in [0.717, 1.165) is 22.1 Å². The highest BCUT2D eigenvalue weighted by Gasteiger charge is 2.17. The lowest BCUT2D eigenvalue weighted by Crippen LogP contribution is -2.15. The highest BCUT2D eigenvalue weighted by atomic mass is 19.1. The maximum absolute atomic E-state index is 13.9. The number of pyridine rings is 1. The van der Waals surface area contributed by atoms with Crippen LogP contribution in [0.1, 0.15) is 22.7 Å². The van der Waals surface area contributed by atoms with Crippen molar-refractivity contribution < 1.29 is 4.39 Å². The van der Waals surface area contributed by atoms with Crippen LogP contribution in [0.25, 0.3) is 10.8 Å². The molecule has 0 amide bonds. The van der Waals surface area contributed by atoms with E-state index < -0.39 is 6.04 Å². The SMILES string of the molecule is Cc1cnc(N)c(C(N)c2ccc(F)c3ccccc23)c1. The summed E-state index contributed by atoms with van der Waals surface area (Å²) in [5, 5.41) is 1.36. The molecule has 0 aliphatic carbocycles. The van der Waals surface area contributed by atoms with Crippen LogP contribution in [-0.2, 0) is 0 Å². The molecule has 0 bridgehead atoms. The summed E-state index contributed by atoms with van der Waals surface area (Å²) in [5.74, 6) is 0.151. The number of halogens is 1. The minimum Gasteiger partial charge on any atom is -0.383 e. The van der Waals surface area contributed by atoms with Gasteiger partial charge < -0.3 is 11.5 Å². The van der Waals surface area contributed by atoms with Gasteiger partial charge in [0.15, 0.2) is 0 Å². The molecule has 4 N–H and O–H groups in total. The van der Waals surface area contributed by atoms with Gasteiger partial charge in [-0.1, -0.05) is 30.3 Å². The normalized spacial score (nSPS) is 12.5. The van der Waals surface area contributed by atoms with Crippen molar-refractivity contribution >= 4 is 16.6 Å². The Bertz CT molecular complexity index is 814. The number of hydrogen-bond donors (Lipinski definition) is 2. The predicted molar refractivity (Wildman–Crippen MR) is 83.3 cm³/mol. The fourth-order valence-electron chi connectivity index (χ4n) is 2.58. The Morgan fingerprint density at radius 2 is 1.76 bits per heavy atom. The third-order valence-electron chi connectivity index (χ3n) is 3.66. The number of nitrogens with two attached hydrogens (primary N) is 2. The van der Waals surface area contributed by atoms with Crippen LogP contribution in [0.4, 0.5) is 10.2 Å². The molecule has 0 radical (unpaired) electrons. The quantitative estimate of drug-likeness (QED) is 0.757. The molecule has 3 nitrogen and oxygen atoms in total. The fraction of sp³-hybridized carbons (Fsp3) is 0.118. The lowest BCUT2D eigenvalue weighted by Gasteiger charge is -2.17. The number of hydrogen-bond acceptors (Lipinski definition) is 3. The molecule has 2 aromatic carbocycles. The van der Waals surface area contributed by atoms with Crippen LogP contribution in [0.3, 0.4) is 0 Å². The average Bonchev–Trinajstić information content (AvgIpc) is 2.50. The first-order valence-electron chi connectivity index (χ1n) is 6.72. The molecule has 0 aliphatic rings. The van der Waals surface area contributed by atoms with Crippen molar-refractivity contribution in [1.29, 1.82) is 0 Å². The summed E-state index contributed by atoms with van der Waals surface area (Å²) in [6, 6.07) is 11.9. The molecular formula is C17H16FN3. The highest BCUT2D eigenvalue weighted by molar-refractivity contribution is 5.87. The molecule has 21 heavy (non-hydrogen) atoms. The van der Waals surface area contributed by atoms with E-state index in [1.165, 1.54) is 6.07 Å². The Balaban J connectivity index is 2.20. The van der Waals surface area contributed by atoms with Gasteiger partial charge in [0.25, 0.3) is 0 Å². The predicted octanol–water partition coefficient (Wildman–Crippen LogP) is 3.31. The van der Waals surface area contributed by atoms with Gasteiger partial charge in [0.05, 0.1) is 6.04 Å². The first-order chi connectivity index (χ1) is 10.1. The second-order valence-electron chi connectivity index (χ2n) is 5.15. The average molecular weight is 281 g/mol. The molecule has 1 atom stereocenters. The van der Waals surface area contributed by atoms with Gasteiger partial charge in [-0.05, 0) is 35.6 Å². The van der Waals surface area contributed by atoms with Gasteiger partial charge in [-0.3, -0.25) is 0 Å². The molecule has 1 aromatic heterocycles. The molecule has 0 spiro atoms. The van der Waals surface area contributed by atoms with E-state index in [1.54, 1.807) is 18.3 Å². The maximum atomic E-state index is 13.9. The summed E-state index contributed by atoms with van der Waals surface area (Å²) in [6.07, 6.45) is 1.70. The Labute approximate surface area is 122 Å². The van der Waals surface area contributed by atoms with E-state index in [9.17, 15) is 4.39 Å². The molecule has 3 rings (SSSR count). The number of aromatic nitrogens is 1. The van der Waals surface area contributed by atoms with E-state index in [-0.39, 0.29) is 5.82 Å². The molecule has 0 saturated heterocycles. The smallest absolute Gasteiger partial charge is 0.131 e. The molecule has 0 aliphatic heterocycles. The van der Waals surface area contributed by atoms with E-state index in [2.05, 4.69) is 4.98 Å². The van der Waals surface area contributed by atoms with E-state index >= 15 is 0 Å². The maximum Gasteiger partial charge on any atom is 0.131 e. The van der Waals surface area contributed by atoms with Crippen molar-refractivity contribution in [3.8, 4) is 0 Å². The molecular weight excluding hydrogens is 265 g/mol. The van der Waals surface area contributed by atoms with Gasteiger partial charge >= 0.3 is 0 Å². The summed E-state index contributed by atoms with van der Waals surface area (Å²) in [5.41, 5.74) is 14.9. The zero-order chi connectivity index (χ0) is 15.0. The Morgan fingerprint density at radius 1 is 1.05 bits per heavy atom. The summed E-state index contributed by atoms with van der Waals surface area (Å²) < 4.78 is 13.9. The zero-order valence-corrected chi connectivity index (χ0v) is 11.7. The molecule has 0 saturated carbocycles. The molecule has 3 aromatic rings. The Morgan fingerprint density at radius 3 is 2.52 bits per heavy atom. The summed E-state index contributed by atoms with van der Waals surface area (Å²) in [6.45, 7) is 1.94. The van der Waals surface area contributed by atoms with Gasteiger partial charge in [-0.2, -0.15) is 0 Å². The second kappa shape index (κ2) is 5.14. The van der Waals surface area contributed by atoms with Crippen LogP contribution in [0.2, 0.25) is 0 Å². The zero-order valence-electron chi connectivity index (χ0n) is 11.7. The number of nitrogens with zero attached hydrogens (tertiary/aromatic N) is 1. The van der Waals surface area contributed by atoms with E-state index in [4.69, 9.17) is 11.5 Å². The third-order valence-corrected chi connectivity index (χ3v) is 3.66. The topological polar surface area (TPSA) is 64.9 Å².